The molecule has 20 heavy (non-hydrogen) atoms. The van der Waals surface area contributed by atoms with Crippen LogP contribution in [0.5, 0.6) is 0 Å². The molecule has 0 aliphatic heterocycles. The molecule has 7 heteroatoms. The lowest BCUT2D eigenvalue weighted by Crippen LogP contribution is -2.42. The van der Waals surface area contributed by atoms with Gasteiger partial charge in [-0.1, -0.05) is 6.92 Å². The molecule has 0 bridgehead atoms. The molecule has 1 amide bonds. The second-order valence-electron chi connectivity index (χ2n) is 4.62. The lowest BCUT2D eigenvalue weighted by atomic mass is 10.1. The zero-order chi connectivity index (χ0) is 15.5. The van der Waals surface area contributed by atoms with Crippen molar-refractivity contribution in [2.75, 3.05) is 0 Å². The van der Waals surface area contributed by atoms with E-state index in [4.69, 9.17) is 10.3 Å². The van der Waals surface area contributed by atoms with Crippen molar-refractivity contribution in [1.29, 1.82) is 5.53 Å². The Hall–Kier alpha value is -2.01. The Bertz CT molecular complexity index is 400. The average Bonchev–Trinajstić information content (AvgIpc) is 2.34. The molecule has 0 radical (unpaired) electrons. The number of carbonyl (C=O) groups excluding carboxylic acids is 3. The highest BCUT2D eigenvalue weighted by Gasteiger charge is 2.24. The van der Waals surface area contributed by atoms with Crippen LogP contribution in [0.2, 0.25) is 0 Å². The zero-order valence-electron chi connectivity index (χ0n) is 12.1. The van der Waals surface area contributed by atoms with Crippen molar-refractivity contribution in [2.45, 2.75) is 58.6 Å². The van der Waals surface area contributed by atoms with Crippen molar-refractivity contribution >= 4 is 23.9 Å². The Morgan fingerprint density at radius 1 is 1.30 bits per heavy atom. The number of ketones is 1. The molecule has 0 aliphatic rings. The number of nitrogens with one attached hydrogen (secondary N) is 2. The van der Waals surface area contributed by atoms with Crippen molar-refractivity contribution in [3.8, 4) is 0 Å². The number of ether oxygens (including phenoxy) is 1. The molecule has 0 aromatic carbocycles. The van der Waals surface area contributed by atoms with Gasteiger partial charge in [0.2, 0.25) is 11.7 Å². The minimum atomic E-state index is -0.848. The summed E-state index contributed by atoms with van der Waals surface area (Å²) in [6.07, 6.45) is 1.71. The second kappa shape index (κ2) is 9.86. The highest BCUT2D eigenvalue weighted by Crippen LogP contribution is 2.04. The molecule has 112 valence electrons. The van der Waals surface area contributed by atoms with Gasteiger partial charge in [0.25, 0.3) is 0 Å². The molecule has 0 heterocycles. The zero-order valence-corrected chi connectivity index (χ0v) is 12.1. The Balaban J connectivity index is 4.60. The number of carbonyl (C=O) groups is 3. The van der Waals surface area contributed by atoms with E-state index in [0.29, 0.717) is 12.8 Å². The van der Waals surface area contributed by atoms with Gasteiger partial charge in [-0.25, -0.2) is 4.79 Å². The van der Waals surface area contributed by atoms with Gasteiger partial charge in [0, 0.05) is 12.8 Å². The minimum Gasteiger partial charge on any atom is -0.461 e. The van der Waals surface area contributed by atoms with Crippen molar-refractivity contribution in [2.24, 2.45) is 0 Å². The topological polar surface area (TPSA) is 110 Å². The molecule has 7 nitrogen and oxygen atoms in total. The first-order valence-corrected chi connectivity index (χ1v) is 6.63. The first kappa shape index (κ1) is 18.0. The molecule has 0 aromatic heterocycles. The maximum Gasteiger partial charge on any atom is 0.372 e. The van der Waals surface area contributed by atoms with Crippen LogP contribution in [0.4, 0.5) is 0 Å². The van der Waals surface area contributed by atoms with Crippen LogP contribution in [0.25, 0.3) is 0 Å². The van der Waals surface area contributed by atoms with Gasteiger partial charge in [-0.2, -0.15) is 0 Å². The maximum absolute atomic E-state index is 11.8. The number of esters is 1. The van der Waals surface area contributed by atoms with Crippen molar-refractivity contribution in [1.82, 2.24) is 5.32 Å². The Labute approximate surface area is 118 Å². The Morgan fingerprint density at radius 2 is 1.95 bits per heavy atom. The summed E-state index contributed by atoms with van der Waals surface area (Å²) < 4.78 is 5.05. The lowest BCUT2D eigenvalue weighted by molar-refractivity contribution is -0.151. The summed E-state index contributed by atoms with van der Waals surface area (Å²) in [6.45, 7) is 5.27. The molecule has 0 rings (SSSR count). The fourth-order valence-corrected chi connectivity index (χ4v) is 1.48. The minimum absolute atomic E-state index is 0.0205. The van der Waals surface area contributed by atoms with Gasteiger partial charge in [0.1, 0.15) is 6.04 Å². The van der Waals surface area contributed by atoms with Crippen LogP contribution in [-0.2, 0) is 19.1 Å². The van der Waals surface area contributed by atoms with Crippen LogP contribution in [0, 0.1) is 5.53 Å². The van der Waals surface area contributed by atoms with Crippen molar-refractivity contribution in [3.63, 3.8) is 0 Å². The van der Waals surface area contributed by atoms with E-state index in [1.54, 1.807) is 13.8 Å². The SMILES string of the molecule is CCCC(=O)N[C@@H](CCC(=O)C=[N+]=N)C(=O)OC(C)C. The quantitative estimate of drug-likeness (QED) is 0.283. The third-order valence-electron chi connectivity index (χ3n) is 2.34. The fraction of sp³-hybridized carbons (Fsp3) is 0.692. The molecule has 0 fully saturated rings. The van der Waals surface area contributed by atoms with Gasteiger partial charge >= 0.3 is 12.2 Å². The van der Waals surface area contributed by atoms with E-state index in [-0.39, 0.29) is 30.6 Å². The maximum atomic E-state index is 11.8. The molecule has 0 aliphatic carbocycles. The number of Topliss-reactive ketones (excluding diaryl/α,β-unsaturated/α-hetero) is 1. The molecular weight excluding hydrogens is 262 g/mol. The van der Waals surface area contributed by atoms with Crippen molar-refractivity contribution < 1.29 is 23.9 Å². The van der Waals surface area contributed by atoms with Crippen molar-refractivity contribution in [3.05, 3.63) is 0 Å². The largest absolute Gasteiger partial charge is 0.461 e. The van der Waals surface area contributed by atoms with E-state index >= 15 is 0 Å². The summed E-state index contributed by atoms with van der Waals surface area (Å²) in [5.74, 6) is -1.17. The molecule has 0 unspecified atom stereocenters. The normalized spacial score (nSPS) is 11.4. The summed E-state index contributed by atoms with van der Waals surface area (Å²) in [5.41, 5.74) is 6.55. The number of hydrogen-bond donors (Lipinski definition) is 2. The summed E-state index contributed by atoms with van der Waals surface area (Å²) in [6, 6.07) is -0.848. The van der Waals surface area contributed by atoms with Crippen LogP contribution >= 0.6 is 0 Å². The molecule has 0 aromatic rings. The standard InChI is InChI=1S/C13H21N3O4/c1-4-5-12(18)16-11(13(19)20-9(2)3)7-6-10(17)8-15-14/h8-9,11,14H,4-7H2,1-3H3/p+1/t11-/m0/s1. The second-order valence-corrected chi connectivity index (χ2v) is 4.62. The molecule has 0 spiro atoms. The third kappa shape index (κ3) is 8.16. The number of nitrogens with zero attached hydrogens (tertiary/aromatic N) is 1. The van der Waals surface area contributed by atoms with E-state index in [2.05, 4.69) is 10.1 Å². The number of amides is 1. The van der Waals surface area contributed by atoms with Crippen LogP contribution in [0.15, 0.2) is 0 Å². The first-order chi connectivity index (χ1) is 9.40. The highest BCUT2D eigenvalue weighted by molar-refractivity contribution is 6.25. The smallest absolute Gasteiger partial charge is 0.372 e. The van der Waals surface area contributed by atoms with E-state index in [1.165, 1.54) is 0 Å². The molecule has 2 N–H and O–H groups in total. The van der Waals surface area contributed by atoms with Gasteiger partial charge in [0.05, 0.1) is 16.4 Å². The third-order valence-corrected chi connectivity index (χ3v) is 2.34. The number of rotatable bonds is 9. The predicted molar refractivity (Wildman–Crippen MR) is 71.4 cm³/mol. The molecular formula is C13H22N3O4+. The summed E-state index contributed by atoms with van der Waals surface area (Å²) in [7, 11) is 0. The van der Waals surface area contributed by atoms with Crippen LogP contribution < -0.4 is 5.32 Å². The first-order valence-electron chi connectivity index (χ1n) is 6.63. The Morgan fingerprint density at radius 3 is 2.45 bits per heavy atom. The van der Waals surface area contributed by atoms with E-state index in [9.17, 15) is 14.4 Å². The van der Waals surface area contributed by atoms with Gasteiger partial charge in [-0.15, -0.1) is 0 Å². The predicted octanol–water partition coefficient (Wildman–Crippen LogP) is 0.882. The van der Waals surface area contributed by atoms with Crippen LogP contribution in [0.3, 0.4) is 0 Å². The van der Waals surface area contributed by atoms with E-state index in [1.807, 2.05) is 6.92 Å². The lowest BCUT2D eigenvalue weighted by Gasteiger charge is -2.18. The average molecular weight is 284 g/mol. The molecule has 1 atom stereocenters. The number of hydrogen-bond acceptors (Lipinski definition) is 5. The van der Waals surface area contributed by atoms with Crippen LogP contribution in [-0.4, -0.2) is 40.8 Å². The van der Waals surface area contributed by atoms with Gasteiger partial charge in [0.15, 0.2) is 0 Å². The highest BCUT2D eigenvalue weighted by atomic mass is 16.5. The summed E-state index contributed by atoms with van der Waals surface area (Å²) >= 11 is 0. The molecule has 0 saturated carbocycles. The molecule has 0 saturated heterocycles. The summed E-state index contributed by atoms with van der Waals surface area (Å²) in [4.78, 5) is 37.5. The van der Waals surface area contributed by atoms with E-state index < -0.39 is 12.0 Å². The van der Waals surface area contributed by atoms with Gasteiger partial charge in [-0.3, -0.25) is 9.59 Å². The van der Waals surface area contributed by atoms with Gasteiger partial charge in [-0.05, 0) is 26.7 Å². The fourth-order valence-electron chi connectivity index (χ4n) is 1.48. The monoisotopic (exact) mass is 284 g/mol. The Kier molecular flexibility index (Phi) is 8.87. The van der Waals surface area contributed by atoms with Crippen LogP contribution in [0.1, 0.15) is 46.5 Å². The van der Waals surface area contributed by atoms with E-state index in [0.717, 1.165) is 6.21 Å². The van der Waals surface area contributed by atoms with Gasteiger partial charge < -0.3 is 10.1 Å². The summed E-state index contributed by atoms with van der Waals surface area (Å²) in [5, 5.41) is 2.56.